The quantitative estimate of drug-likeness (QED) is 0.892. The Morgan fingerprint density at radius 2 is 2.00 bits per heavy atom. The summed E-state index contributed by atoms with van der Waals surface area (Å²) in [6.07, 6.45) is 4.43. The van der Waals surface area contributed by atoms with Crippen LogP contribution in [0.5, 0.6) is 0 Å². The summed E-state index contributed by atoms with van der Waals surface area (Å²) in [5.41, 5.74) is 8.40. The molecule has 1 fully saturated rings. The largest absolute Gasteiger partial charge is 0.324 e. The van der Waals surface area contributed by atoms with Gasteiger partial charge in [0.15, 0.2) is 0 Å². The lowest BCUT2D eigenvalue weighted by Crippen LogP contribution is -2.10. The maximum atomic E-state index is 5.73. The number of rotatable bonds is 5. The molecule has 0 amide bonds. The zero-order valence-corrected chi connectivity index (χ0v) is 11.3. The van der Waals surface area contributed by atoms with E-state index >= 15 is 0 Å². The SMILES string of the molecule is Cc1cccc(CCc2nnc(CN)n2C2CC2)c1. The van der Waals surface area contributed by atoms with Crippen LogP contribution in [0.4, 0.5) is 0 Å². The van der Waals surface area contributed by atoms with Crippen LogP contribution in [-0.4, -0.2) is 14.8 Å². The van der Waals surface area contributed by atoms with Crippen LogP contribution in [0.2, 0.25) is 0 Å². The summed E-state index contributed by atoms with van der Waals surface area (Å²) in [6.45, 7) is 2.61. The molecule has 1 aliphatic carbocycles. The molecule has 3 rings (SSSR count). The Bertz CT molecular complexity index is 569. The summed E-state index contributed by atoms with van der Waals surface area (Å²) in [5.74, 6) is 2.02. The topological polar surface area (TPSA) is 56.7 Å². The first-order valence-corrected chi connectivity index (χ1v) is 6.96. The van der Waals surface area contributed by atoms with Crippen molar-refractivity contribution >= 4 is 0 Å². The molecule has 0 spiro atoms. The van der Waals surface area contributed by atoms with E-state index in [0.29, 0.717) is 12.6 Å². The van der Waals surface area contributed by atoms with E-state index < -0.39 is 0 Å². The minimum Gasteiger partial charge on any atom is -0.324 e. The highest BCUT2D eigenvalue weighted by Gasteiger charge is 2.28. The summed E-state index contributed by atoms with van der Waals surface area (Å²) in [6, 6.07) is 9.25. The van der Waals surface area contributed by atoms with Crippen molar-refractivity contribution in [3.05, 3.63) is 47.0 Å². The predicted molar refractivity (Wildman–Crippen MR) is 74.8 cm³/mol. The van der Waals surface area contributed by atoms with E-state index in [2.05, 4.69) is 46.0 Å². The van der Waals surface area contributed by atoms with Crippen molar-refractivity contribution in [2.75, 3.05) is 0 Å². The fourth-order valence-corrected chi connectivity index (χ4v) is 2.55. The second-order valence-electron chi connectivity index (χ2n) is 5.33. The first-order chi connectivity index (χ1) is 9.28. The molecule has 0 unspecified atom stereocenters. The molecule has 1 aliphatic rings. The van der Waals surface area contributed by atoms with Gasteiger partial charge in [0, 0.05) is 12.5 Å². The number of hydrogen-bond donors (Lipinski definition) is 1. The molecule has 1 aromatic carbocycles. The van der Waals surface area contributed by atoms with Gasteiger partial charge in [-0.05, 0) is 31.7 Å². The smallest absolute Gasteiger partial charge is 0.147 e. The molecule has 100 valence electrons. The van der Waals surface area contributed by atoms with E-state index in [0.717, 1.165) is 24.5 Å². The Balaban J connectivity index is 1.75. The van der Waals surface area contributed by atoms with Crippen molar-refractivity contribution < 1.29 is 0 Å². The van der Waals surface area contributed by atoms with Crippen LogP contribution in [0.3, 0.4) is 0 Å². The number of benzene rings is 1. The third kappa shape index (κ3) is 2.68. The van der Waals surface area contributed by atoms with E-state index in [9.17, 15) is 0 Å². The van der Waals surface area contributed by atoms with Gasteiger partial charge in [-0.2, -0.15) is 0 Å². The summed E-state index contributed by atoms with van der Waals surface area (Å²) >= 11 is 0. The predicted octanol–water partition coefficient (Wildman–Crippen LogP) is 2.17. The van der Waals surface area contributed by atoms with Crippen LogP contribution in [0.1, 0.15) is 41.7 Å². The number of nitrogens with zero attached hydrogens (tertiary/aromatic N) is 3. The Morgan fingerprint density at radius 1 is 1.21 bits per heavy atom. The minimum absolute atomic E-state index is 0.480. The Kier molecular flexibility index (Phi) is 3.34. The van der Waals surface area contributed by atoms with E-state index in [1.807, 2.05) is 0 Å². The van der Waals surface area contributed by atoms with Gasteiger partial charge in [-0.15, -0.1) is 10.2 Å². The molecule has 2 N–H and O–H groups in total. The number of hydrogen-bond acceptors (Lipinski definition) is 3. The zero-order chi connectivity index (χ0) is 13.2. The number of aryl methyl sites for hydroxylation is 3. The van der Waals surface area contributed by atoms with Crippen LogP contribution < -0.4 is 5.73 Å². The van der Waals surface area contributed by atoms with Crippen LogP contribution >= 0.6 is 0 Å². The highest BCUT2D eigenvalue weighted by Crippen LogP contribution is 2.36. The van der Waals surface area contributed by atoms with E-state index in [-0.39, 0.29) is 0 Å². The van der Waals surface area contributed by atoms with Gasteiger partial charge >= 0.3 is 0 Å². The Labute approximate surface area is 113 Å². The van der Waals surface area contributed by atoms with Gasteiger partial charge in [0.1, 0.15) is 11.6 Å². The fourth-order valence-electron chi connectivity index (χ4n) is 2.55. The zero-order valence-electron chi connectivity index (χ0n) is 11.3. The standard InChI is InChI=1S/C15H20N4/c1-11-3-2-4-12(9-11)5-8-14-17-18-15(10-16)19(14)13-6-7-13/h2-4,9,13H,5-8,10,16H2,1H3. The average Bonchev–Trinajstić information content (AvgIpc) is 3.17. The molecular weight excluding hydrogens is 236 g/mol. The molecule has 0 saturated heterocycles. The van der Waals surface area contributed by atoms with Crippen molar-refractivity contribution in [1.82, 2.24) is 14.8 Å². The van der Waals surface area contributed by atoms with E-state index in [4.69, 9.17) is 5.73 Å². The Hall–Kier alpha value is -1.68. The van der Waals surface area contributed by atoms with Gasteiger partial charge in [-0.3, -0.25) is 0 Å². The molecule has 4 nitrogen and oxygen atoms in total. The van der Waals surface area contributed by atoms with Crippen LogP contribution in [0, 0.1) is 6.92 Å². The molecule has 0 radical (unpaired) electrons. The third-order valence-corrected chi connectivity index (χ3v) is 3.65. The minimum atomic E-state index is 0.480. The fraction of sp³-hybridized carbons (Fsp3) is 0.467. The third-order valence-electron chi connectivity index (χ3n) is 3.65. The monoisotopic (exact) mass is 256 g/mol. The van der Waals surface area contributed by atoms with Gasteiger partial charge in [-0.1, -0.05) is 29.8 Å². The maximum absolute atomic E-state index is 5.73. The number of nitrogens with two attached hydrogens (primary N) is 1. The molecule has 1 saturated carbocycles. The normalized spacial score (nSPS) is 14.8. The number of aromatic nitrogens is 3. The van der Waals surface area contributed by atoms with Crippen LogP contribution in [0.25, 0.3) is 0 Å². The first kappa shape index (κ1) is 12.4. The van der Waals surface area contributed by atoms with Crippen molar-refractivity contribution in [3.63, 3.8) is 0 Å². The van der Waals surface area contributed by atoms with Crippen molar-refractivity contribution in [2.45, 2.75) is 45.2 Å². The van der Waals surface area contributed by atoms with E-state index in [1.165, 1.54) is 24.0 Å². The molecule has 0 aliphatic heterocycles. The molecule has 19 heavy (non-hydrogen) atoms. The summed E-state index contributed by atoms with van der Waals surface area (Å²) < 4.78 is 2.26. The first-order valence-electron chi connectivity index (χ1n) is 6.96. The average molecular weight is 256 g/mol. The molecular formula is C15H20N4. The van der Waals surface area contributed by atoms with Gasteiger partial charge in [0.05, 0.1) is 6.54 Å². The lowest BCUT2D eigenvalue weighted by atomic mass is 10.1. The van der Waals surface area contributed by atoms with Crippen molar-refractivity contribution in [1.29, 1.82) is 0 Å². The van der Waals surface area contributed by atoms with E-state index in [1.54, 1.807) is 0 Å². The Morgan fingerprint density at radius 3 is 2.68 bits per heavy atom. The van der Waals surface area contributed by atoms with Gasteiger partial charge in [-0.25, -0.2) is 0 Å². The molecule has 1 aromatic heterocycles. The second kappa shape index (κ2) is 5.13. The molecule has 0 bridgehead atoms. The van der Waals surface area contributed by atoms with Gasteiger partial charge < -0.3 is 10.3 Å². The highest BCUT2D eigenvalue weighted by atomic mass is 15.3. The van der Waals surface area contributed by atoms with Crippen LogP contribution in [-0.2, 0) is 19.4 Å². The van der Waals surface area contributed by atoms with Crippen molar-refractivity contribution in [3.8, 4) is 0 Å². The molecule has 2 aromatic rings. The second-order valence-corrected chi connectivity index (χ2v) is 5.33. The van der Waals surface area contributed by atoms with Gasteiger partial charge in [0.2, 0.25) is 0 Å². The molecule has 1 heterocycles. The lowest BCUT2D eigenvalue weighted by molar-refractivity contribution is 0.639. The van der Waals surface area contributed by atoms with Gasteiger partial charge in [0.25, 0.3) is 0 Å². The molecule has 4 heteroatoms. The summed E-state index contributed by atoms with van der Waals surface area (Å²) in [7, 11) is 0. The lowest BCUT2D eigenvalue weighted by Gasteiger charge is -2.08. The highest BCUT2D eigenvalue weighted by molar-refractivity contribution is 5.22. The summed E-state index contributed by atoms with van der Waals surface area (Å²) in [5, 5.41) is 8.53. The summed E-state index contributed by atoms with van der Waals surface area (Å²) in [4.78, 5) is 0. The van der Waals surface area contributed by atoms with Crippen molar-refractivity contribution in [2.24, 2.45) is 5.73 Å². The molecule has 0 atom stereocenters. The maximum Gasteiger partial charge on any atom is 0.147 e. The van der Waals surface area contributed by atoms with Crippen LogP contribution in [0.15, 0.2) is 24.3 Å².